The van der Waals surface area contributed by atoms with E-state index >= 15 is 0 Å². The Morgan fingerprint density at radius 1 is 1.27 bits per heavy atom. The SMILES string of the molecule is CC[C@H](C)c1ccc(S(=O)(=O)N/N=C2\CCCC[C@@H]2C)cc1. The Labute approximate surface area is 134 Å². The Hall–Kier alpha value is -1.36. The van der Waals surface area contributed by atoms with E-state index in [1.165, 1.54) is 6.42 Å². The lowest BCUT2D eigenvalue weighted by Crippen LogP contribution is -2.24. The van der Waals surface area contributed by atoms with E-state index in [4.69, 9.17) is 0 Å². The molecular weight excluding hydrogens is 296 g/mol. The molecule has 0 amide bonds. The summed E-state index contributed by atoms with van der Waals surface area (Å²) in [6.45, 7) is 6.36. The first-order chi connectivity index (χ1) is 10.4. The van der Waals surface area contributed by atoms with E-state index in [1.54, 1.807) is 12.1 Å². The van der Waals surface area contributed by atoms with Gasteiger partial charge in [-0.3, -0.25) is 0 Å². The van der Waals surface area contributed by atoms with Crippen LogP contribution in [0, 0.1) is 5.92 Å². The highest BCUT2D eigenvalue weighted by Crippen LogP contribution is 2.22. The number of nitrogens with zero attached hydrogens (tertiary/aromatic N) is 1. The third-order valence-electron chi connectivity index (χ3n) is 4.57. The second-order valence-electron chi connectivity index (χ2n) is 6.22. The molecule has 0 bridgehead atoms. The van der Waals surface area contributed by atoms with Crippen molar-refractivity contribution < 1.29 is 8.42 Å². The molecule has 1 saturated carbocycles. The van der Waals surface area contributed by atoms with Crippen molar-refractivity contribution in [3.05, 3.63) is 29.8 Å². The van der Waals surface area contributed by atoms with Crippen LogP contribution in [0.5, 0.6) is 0 Å². The van der Waals surface area contributed by atoms with Crippen molar-refractivity contribution in [2.75, 3.05) is 0 Å². The van der Waals surface area contributed by atoms with Crippen LogP contribution >= 0.6 is 0 Å². The summed E-state index contributed by atoms with van der Waals surface area (Å²) in [5, 5.41) is 4.16. The van der Waals surface area contributed by atoms with Gasteiger partial charge in [-0.15, -0.1) is 0 Å². The van der Waals surface area contributed by atoms with E-state index in [1.807, 2.05) is 12.1 Å². The first-order valence-corrected chi connectivity index (χ1v) is 9.60. The molecule has 1 fully saturated rings. The number of hydrogen-bond donors (Lipinski definition) is 1. The van der Waals surface area contributed by atoms with E-state index in [0.717, 1.165) is 37.0 Å². The molecule has 1 aromatic carbocycles. The molecule has 1 aliphatic rings. The molecule has 0 aromatic heterocycles. The Balaban J connectivity index is 2.11. The van der Waals surface area contributed by atoms with Gasteiger partial charge in [0.25, 0.3) is 10.0 Å². The molecule has 1 N–H and O–H groups in total. The smallest absolute Gasteiger partial charge is 0.200 e. The monoisotopic (exact) mass is 322 g/mol. The second-order valence-corrected chi connectivity index (χ2v) is 7.88. The number of rotatable bonds is 5. The van der Waals surface area contributed by atoms with Gasteiger partial charge in [-0.25, -0.2) is 4.83 Å². The maximum absolute atomic E-state index is 12.3. The molecule has 122 valence electrons. The van der Waals surface area contributed by atoms with Crippen molar-refractivity contribution in [1.82, 2.24) is 4.83 Å². The van der Waals surface area contributed by atoms with Crippen LogP contribution < -0.4 is 4.83 Å². The van der Waals surface area contributed by atoms with Crippen LogP contribution in [0.4, 0.5) is 0 Å². The Morgan fingerprint density at radius 2 is 1.95 bits per heavy atom. The highest BCUT2D eigenvalue weighted by Gasteiger charge is 2.18. The third kappa shape index (κ3) is 4.09. The summed E-state index contributed by atoms with van der Waals surface area (Å²) in [6, 6.07) is 7.10. The van der Waals surface area contributed by atoms with Crippen LogP contribution in [-0.4, -0.2) is 14.1 Å². The largest absolute Gasteiger partial charge is 0.276 e. The first kappa shape index (κ1) is 17.0. The maximum Gasteiger partial charge on any atom is 0.276 e. The standard InChI is InChI=1S/C17H26N2O2S/c1-4-13(2)15-9-11-16(12-10-15)22(20,21)19-18-17-8-6-5-7-14(17)3/h9-14,19H,4-8H2,1-3H3/b18-17+/t13-,14-/m0/s1. The van der Waals surface area contributed by atoms with E-state index in [0.29, 0.717) is 11.8 Å². The summed E-state index contributed by atoms with van der Waals surface area (Å²) in [5.41, 5.74) is 2.12. The van der Waals surface area contributed by atoms with Crippen molar-refractivity contribution in [2.45, 2.75) is 63.7 Å². The highest BCUT2D eigenvalue weighted by atomic mass is 32.2. The van der Waals surface area contributed by atoms with Gasteiger partial charge in [0.05, 0.1) is 4.90 Å². The predicted octanol–water partition coefficient (Wildman–Crippen LogP) is 4.04. The van der Waals surface area contributed by atoms with Crippen molar-refractivity contribution in [1.29, 1.82) is 0 Å². The lowest BCUT2D eigenvalue weighted by molar-refractivity contribution is 0.552. The van der Waals surface area contributed by atoms with Gasteiger partial charge in [-0.2, -0.15) is 13.5 Å². The zero-order chi connectivity index (χ0) is 16.2. The molecule has 0 heterocycles. The Kier molecular flexibility index (Phi) is 5.62. The fourth-order valence-electron chi connectivity index (χ4n) is 2.72. The van der Waals surface area contributed by atoms with E-state index < -0.39 is 10.0 Å². The van der Waals surface area contributed by atoms with E-state index in [9.17, 15) is 8.42 Å². The molecule has 0 saturated heterocycles. The van der Waals surface area contributed by atoms with Crippen LogP contribution in [-0.2, 0) is 10.0 Å². The quantitative estimate of drug-likeness (QED) is 0.832. The average molecular weight is 322 g/mol. The average Bonchev–Trinajstić information content (AvgIpc) is 2.53. The molecule has 4 nitrogen and oxygen atoms in total. The molecule has 1 aromatic rings. The first-order valence-electron chi connectivity index (χ1n) is 8.12. The lowest BCUT2D eigenvalue weighted by Gasteiger charge is -2.20. The number of hydrazone groups is 1. The molecule has 5 heteroatoms. The van der Waals surface area contributed by atoms with Crippen molar-refractivity contribution in [3.8, 4) is 0 Å². The van der Waals surface area contributed by atoms with Gasteiger partial charge in [-0.05, 0) is 55.2 Å². The van der Waals surface area contributed by atoms with E-state index in [2.05, 4.69) is 30.7 Å². The van der Waals surface area contributed by atoms with Crippen LogP contribution in [0.25, 0.3) is 0 Å². The molecule has 22 heavy (non-hydrogen) atoms. The second kappa shape index (κ2) is 7.27. The Bertz CT molecular complexity index is 621. The fourth-order valence-corrected chi connectivity index (χ4v) is 3.56. The molecule has 2 atom stereocenters. The van der Waals surface area contributed by atoms with Crippen LogP contribution in [0.3, 0.4) is 0 Å². The van der Waals surface area contributed by atoms with Crippen LogP contribution in [0.15, 0.2) is 34.3 Å². The van der Waals surface area contributed by atoms with E-state index in [-0.39, 0.29) is 4.90 Å². The summed E-state index contributed by atoms with van der Waals surface area (Å²) in [7, 11) is -3.57. The summed E-state index contributed by atoms with van der Waals surface area (Å²) >= 11 is 0. The van der Waals surface area contributed by atoms with Crippen LogP contribution in [0.1, 0.15) is 64.4 Å². The minimum atomic E-state index is -3.57. The molecule has 0 unspecified atom stereocenters. The van der Waals surface area contributed by atoms with Gasteiger partial charge in [0.15, 0.2) is 0 Å². The molecule has 0 spiro atoms. The fraction of sp³-hybridized carbons (Fsp3) is 0.588. The zero-order valence-corrected chi connectivity index (χ0v) is 14.5. The van der Waals surface area contributed by atoms with Crippen molar-refractivity contribution >= 4 is 15.7 Å². The van der Waals surface area contributed by atoms with Crippen molar-refractivity contribution in [3.63, 3.8) is 0 Å². The molecular formula is C17H26N2O2S. The summed E-state index contributed by atoms with van der Waals surface area (Å²) in [6.07, 6.45) is 5.30. The molecule has 0 aliphatic heterocycles. The summed E-state index contributed by atoms with van der Waals surface area (Å²) < 4.78 is 24.6. The number of sulfonamides is 1. The molecule has 0 radical (unpaired) electrons. The summed E-state index contributed by atoms with van der Waals surface area (Å²) in [4.78, 5) is 2.67. The molecule has 1 aliphatic carbocycles. The normalized spacial score (nSPS) is 22.5. The lowest BCUT2D eigenvalue weighted by atomic mass is 9.89. The van der Waals surface area contributed by atoms with Gasteiger partial charge in [0.2, 0.25) is 0 Å². The number of hydrogen-bond acceptors (Lipinski definition) is 3. The van der Waals surface area contributed by atoms with Gasteiger partial charge >= 0.3 is 0 Å². The van der Waals surface area contributed by atoms with Gasteiger partial charge in [0, 0.05) is 5.71 Å². The number of benzene rings is 1. The Morgan fingerprint density at radius 3 is 2.55 bits per heavy atom. The van der Waals surface area contributed by atoms with Gasteiger partial charge in [0.1, 0.15) is 0 Å². The third-order valence-corrected chi connectivity index (χ3v) is 5.79. The zero-order valence-electron chi connectivity index (χ0n) is 13.7. The number of nitrogens with one attached hydrogen (secondary N) is 1. The molecule has 2 rings (SSSR count). The topological polar surface area (TPSA) is 58.5 Å². The summed E-state index contributed by atoms with van der Waals surface area (Å²) in [5.74, 6) is 0.803. The minimum Gasteiger partial charge on any atom is -0.200 e. The van der Waals surface area contributed by atoms with Crippen molar-refractivity contribution in [2.24, 2.45) is 11.0 Å². The minimum absolute atomic E-state index is 0.271. The highest BCUT2D eigenvalue weighted by molar-refractivity contribution is 7.89. The predicted molar refractivity (Wildman–Crippen MR) is 90.5 cm³/mol. The maximum atomic E-state index is 12.3. The van der Waals surface area contributed by atoms with Gasteiger partial charge in [-0.1, -0.05) is 39.3 Å². The van der Waals surface area contributed by atoms with Crippen LogP contribution in [0.2, 0.25) is 0 Å². The van der Waals surface area contributed by atoms with Gasteiger partial charge < -0.3 is 0 Å².